The Kier molecular flexibility index (Phi) is 2.89. The molecule has 0 radical (unpaired) electrons. The molecule has 102 valence electrons. The van der Waals surface area contributed by atoms with Crippen LogP contribution in [0.2, 0.25) is 0 Å². The van der Waals surface area contributed by atoms with Crippen molar-refractivity contribution in [3.05, 3.63) is 42.3 Å². The molecule has 0 aliphatic rings. The van der Waals surface area contributed by atoms with Gasteiger partial charge in [0.2, 0.25) is 0 Å². The molecule has 0 amide bonds. The Balaban J connectivity index is 2.29. The number of pyridine rings is 1. The highest BCUT2D eigenvalue weighted by Crippen LogP contribution is 2.27. The van der Waals surface area contributed by atoms with Crippen LogP contribution in [0.15, 0.2) is 36.5 Å². The van der Waals surface area contributed by atoms with E-state index in [2.05, 4.69) is 9.97 Å². The standard InChI is InChI=1S/C15H15FN4/c1-9(2)20-14-7-10(16)3-5-12(14)19-15(20)13-6-4-11(17)8-18-13/h3-9H,17H2,1-2H3. The molecule has 0 saturated heterocycles. The fraction of sp³-hybridized carbons (Fsp3) is 0.200. The first-order valence-corrected chi connectivity index (χ1v) is 6.45. The molecule has 0 saturated carbocycles. The fourth-order valence-corrected chi connectivity index (χ4v) is 2.31. The van der Waals surface area contributed by atoms with E-state index in [0.29, 0.717) is 5.69 Å². The van der Waals surface area contributed by atoms with Crippen molar-refractivity contribution in [2.75, 3.05) is 5.73 Å². The van der Waals surface area contributed by atoms with Crippen molar-refractivity contribution in [2.45, 2.75) is 19.9 Å². The third kappa shape index (κ3) is 2.01. The summed E-state index contributed by atoms with van der Waals surface area (Å²) in [6.45, 7) is 4.07. The summed E-state index contributed by atoms with van der Waals surface area (Å²) < 4.78 is 15.5. The Bertz CT molecular complexity index is 759. The van der Waals surface area contributed by atoms with Crippen LogP contribution >= 0.6 is 0 Å². The predicted octanol–water partition coefficient (Wildman–Crippen LogP) is 3.40. The molecule has 20 heavy (non-hydrogen) atoms. The zero-order valence-electron chi connectivity index (χ0n) is 11.3. The van der Waals surface area contributed by atoms with Gasteiger partial charge in [0.15, 0.2) is 5.82 Å². The lowest BCUT2D eigenvalue weighted by Gasteiger charge is -2.12. The van der Waals surface area contributed by atoms with Gasteiger partial charge in [0.05, 0.1) is 22.9 Å². The number of rotatable bonds is 2. The normalized spacial score (nSPS) is 11.4. The topological polar surface area (TPSA) is 56.7 Å². The molecular weight excluding hydrogens is 255 g/mol. The molecule has 4 nitrogen and oxygen atoms in total. The molecule has 5 heteroatoms. The molecule has 0 bridgehead atoms. The molecule has 0 aliphatic heterocycles. The second kappa shape index (κ2) is 4.59. The van der Waals surface area contributed by atoms with Crippen molar-refractivity contribution in [3.8, 4) is 11.5 Å². The SMILES string of the molecule is CC(C)n1c(-c2ccc(N)cn2)nc2ccc(F)cc21. The Labute approximate surface area is 116 Å². The van der Waals surface area contributed by atoms with E-state index in [-0.39, 0.29) is 11.9 Å². The smallest absolute Gasteiger partial charge is 0.160 e. The zero-order chi connectivity index (χ0) is 14.3. The molecule has 3 aromatic rings. The van der Waals surface area contributed by atoms with Crippen LogP contribution in [0, 0.1) is 5.82 Å². The minimum absolute atomic E-state index is 0.149. The van der Waals surface area contributed by atoms with E-state index in [1.54, 1.807) is 18.3 Å². The van der Waals surface area contributed by atoms with Crippen molar-refractivity contribution in [1.29, 1.82) is 0 Å². The van der Waals surface area contributed by atoms with Gasteiger partial charge >= 0.3 is 0 Å². The molecule has 0 unspecified atom stereocenters. The van der Waals surface area contributed by atoms with E-state index in [4.69, 9.17) is 5.73 Å². The Hall–Kier alpha value is -2.43. The summed E-state index contributed by atoms with van der Waals surface area (Å²) in [5.74, 6) is 0.455. The molecule has 2 N–H and O–H groups in total. The Morgan fingerprint density at radius 1 is 1.20 bits per heavy atom. The van der Waals surface area contributed by atoms with Crippen LogP contribution in [0.3, 0.4) is 0 Å². The first kappa shape index (κ1) is 12.6. The van der Waals surface area contributed by atoms with E-state index < -0.39 is 0 Å². The molecule has 2 aromatic heterocycles. The van der Waals surface area contributed by atoms with Crippen LogP contribution in [0.25, 0.3) is 22.6 Å². The van der Waals surface area contributed by atoms with Gasteiger partial charge in [-0.3, -0.25) is 4.98 Å². The number of aromatic nitrogens is 3. The molecule has 0 aliphatic carbocycles. The minimum atomic E-state index is -0.267. The number of halogens is 1. The monoisotopic (exact) mass is 270 g/mol. The molecule has 1 aromatic carbocycles. The average Bonchev–Trinajstić information content (AvgIpc) is 2.78. The van der Waals surface area contributed by atoms with E-state index in [1.165, 1.54) is 12.1 Å². The van der Waals surface area contributed by atoms with Gasteiger partial charge in [-0.1, -0.05) is 0 Å². The minimum Gasteiger partial charge on any atom is -0.397 e. The summed E-state index contributed by atoms with van der Waals surface area (Å²) >= 11 is 0. The van der Waals surface area contributed by atoms with Crippen molar-refractivity contribution in [1.82, 2.24) is 14.5 Å². The summed E-state index contributed by atoms with van der Waals surface area (Å²) in [5.41, 5.74) is 8.52. The molecule has 3 rings (SSSR count). The van der Waals surface area contributed by atoms with Crippen molar-refractivity contribution in [2.24, 2.45) is 0 Å². The summed E-state index contributed by atoms with van der Waals surface area (Å²) in [6.07, 6.45) is 1.60. The van der Waals surface area contributed by atoms with E-state index in [0.717, 1.165) is 22.6 Å². The van der Waals surface area contributed by atoms with Gasteiger partial charge in [-0.15, -0.1) is 0 Å². The van der Waals surface area contributed by atoms with Crippen molar-refractivity contribution in [3.63, 3.8) is 0 Å². The lowest BCUT2D eigenvalue weighted by atomic mass is 10.2. The number of nitrogens with two attached hydrogens (primary N) is 1. The number of hydrogen-bond acceptors (Lipinski definition) is 3. The average molecular weight is 270 g/mol. The van der Waals surface area contributed by atoms with Gasteiger partial charge in [-0.25, -0.2) is 9.37 Å². The molecule has 0 fully saturated rings. The summed E-state index contributed by atoms with van der Waals surface area (Å²) in [4.78, 5) is 8.88. The third-order valence-corrected chi connectivity index (χ3v) is 3.18. The van der Waals surface area contributed by atoms with E-state index >= 15 is 0 Å². The van der Waals surface area contributed by atoms with Crippen LogP contribution < -0.4 is 5.73 Å². The van der Waals surface area contributed by atoms with Gasteiger partial charge in [-0.05, 0) is 44.2 Å². The summed E-state index contributed by atoms with van der Waals surface area (Å²) in [6, 6.07) is 8.36. The largest absolute Gasteiger partial charge is 0.397 e. The van der Waals surface area contributed by atoms with Gasteiger partial charge < -0.3 is 10.3 Å². The van der Waals surface area contributed by atoms with Gasteiger partial charge in [0, 0.05) is 6.04 Å². The van der Waals surface area contributed by atoms with Crippen LogP contribution in [0.1, 0.15) is 19.9 Å². The quantitative estimate of drug-likeness (QED) is 0.776. The van der Waals surface area contributed by atoms with Gasteiger partial charge in [-0.2, -0.15) is 0 Å². The van der Waals surface area contributed by atoms with Gasteiger partial charge in [0.25, 0.3) is 0 Å². The zero-order valence-corrected chi connectivity index (χ0v) is 11.3. The lowest BCUT2D eigenvalue weighted by Crippen LogP contribution is -2.04. The maximum atomic E-state index is 13.5. The fourth-order valence-electron chi connectivity index (χ4n) is 2.31. The predicted molar refractivity (Wildman–Crippen MR) is 77.7 cm³/mol. The lowest BCUT2D eigenvalue weighted by molar-refractivity contribution is 0.612. The molecule has 0 atom stereocenters. The number of nitrogen functional groups attached to an aromatic ring is 1. The number of imidazole rings is 1. The second-order valence-electron chi connectivity index (χ2n) is 5.01. The summed E-state index contributed by atoms with van der Waals surface area (Å²) in [7, 11) is 0. The Morgan fingerprint density at radius 3 is 2.65 bits per heavy atom. The van der Waals surface area contributed by atoms with Crippen LogP contribution in [0.4, 0.5) is 10.1 Å². The third-order valence-electron chi connectivity index (χ3n) is 3.18. The van der Waals surface area contributed by atoms with Crippen LogP contribution in [0.5, 0.6) is 0 Å². The number of hydrogen-bond donors (Lipinski definition) is 1. The van der Waals surface area contributed by atoms with Gasteiger partial charge in [0.1, 0.15) is 11.5 Å². The highest BCUT2D eigenvalue weighted by Gasteiger charge is 2.16. The van der Waals surface area contributed by atoms with Crippen molar-refractivity contribution < 1.29 is 4.39 Å². The first-order chi connectivity index (χ1) is 9.56. The first-order valence-electron chi connectivity index (χ1n) is 6.45. The van der Waals surface area contributed by atoms with Crippen LogP contribution in [-0.2, 0) is 0 Å². The Morgan fingerprint density at radius 2 is 2.00 bits per heavy atom. The number of nitrogens with zero attached hydrogens (tertiary/aromatic N) is 3. The van der Waals surface area contributed by atoms with E-state index in [1.807, 2.05) is 24.5 Å². The maximum absolute atomic E-state index is 13.5. The number of fused-ring (bicyclic) bond motifs is 1. The summed E-state index contributed by atoms with van der Waals surface area (Å²) in [5, 5.41) is 0. The molecular formula is C15H15FN4. The highest BCUT2D eigenvalue weighted by atomic mass is 19.1. The number of benzene rings is 1. The molecule has 2 heterocycles. The highest BCUT2D eigenvalue weighted by molar-refractivity contribution is 5.80. The van der Waals surface area contributed by atoms with Crippen LogP contribution in [-0.4, -0.2) is 14.5 Å². The number of anilines is 1. The second-order valence-corrected chi connectivity index (χ2v) is 5.01. The maximum Gasteiger partial charge on any atom is 0.160 e. The van der Waals surface area contributed by atoms with Crippen molar-refractivity contribution >= 4 is 16.7 Å². The van der Waals surface area contributed by atoms with E-state index in [9.17, 15) is 4.39 Å². The molecule has 0 spiro atoms.